The molecular weight excluding hydrogens is 188 g/mol. The van der Waals surface area contributed by atoms with E-state index in [1.165, 1.54) is 26.1 Å². The third-order valence-corrected chi connectivity index (χ3v) is 3.28. The highest BCUT2D eigenvalue weighted by molar-refractivity contribution is 4.78. The van der Waals surface area contributed by atoms with Crippen LogP contribution in [0.3, 0.4) is 0 Å². The molecule has 1 unspecified atom stereocenters. The summed E-state index contributed by atoms with van der Waals surface area (Å²) in [6, 6.07) is 0. The van der Waals surface area contributed by atoms with Gasteiger partial charge in [-0.1, -0.05) is 20.8 Å². The highest BCUT2D eigenvalue weighted by Gasteiger charge is 2.22. The van der Waals surface area contributed by atoms with Gasteiger partial charge in [-0.15, -0.1) is 0 Å². The normalized spacial score (nSPS) is 23.6. The predicted octanol–water partition coefficient (Wildman–Crippen LogP) is 0.936. The summed E-state index contributed by atoms with van der Waals surface area (Å²) in [4.78, 5) is 2.50. The molecule has 1 rings (SSSR count). The zero-order valence-corrected chi connectivity index (χ0v) is 10.4. The molecule has 0 bridgehead atoms. The summed E-state index contributed by atoms with van der Waals surface area (Å²) < 4.78 is 0. The smallest absolute Gasteiger partial charge is 0.0494 e. The molecule has 1 aliphatic rings. The number of nitrogens with one attached hydrogen (secondary N) is 1. The zero-order chi connectivity index (χ0) is 11.3. The van der Waals surface area contributed by atoms with E-state index in [2.05, 4.69) is 31.0 Å². The number of aliphatic hydroxyl groups is 1. The summed E-state index contributed by atoms with van der Waals surface area (Å²) in [6.07, 6.45) is 1.32. The van der Waals surface area contributed by atoms with Crippen LogP contribution in [0, 0.1) is 11.3 Å². The van der Waals surface area contributed by atoms with Gasteiger partial charge in [0.2, 0.25) is 0 Å². The summed E-state index contributed by atoms with van der Waals surface area (Å²) in [5, 5.41) is 12.6. The second-order valence-corrected chi connectivity index (χ2v) is 5.50. The average Bonchev–Trinajstić information content (AvgIpc) is 2.66. The van der Waals surface area contributed by atoms with Crippen molar-refractivity contribution >= 4 is 0 Å². The second-order valence-electron chi connectivity index (χ2n) is 5.50. The number of hydrogen-bond acceptors (Lipinski definition) is 3. The molecule has 0 saturated carbocycles. The number of likely N-dealkylation sites (tertiary alicyclic amines) is 1. The molecule has 1 atom stereocenters. The fourth-order valence-corrected chi connectivity index (χ4v) is 2.04. The number of nitrogens with zero attached hydrogens (tertiary/aromatic N) is 1. The fraction of sp³-hybridized carbons (Fsp3) is 1.00. The first kappa shape index (κ1) is 12.9. The van der Waals surface area contributed by atoms with Crippen LogP contribution in [0.25, 0.3) is 0 Å². The molecule has 0 radical (unpaired) electrons. The largest absolute Gasteiger partial charge is 0.396 e. The lowest BCUT2D eigenvalue weighted by Gasteiger charge is -2.23. The van der Waals surface area contributed by atoms with Crippen molar-refractivity contribution in [1.29, 1.82) is 0 Å². The molecule has 0 spiro atoms. The Morgan fingerprint density at radius 1 is 1.47 bits per heavy atom. The Morgan fingerprint density at radius 3 is 2.73 bits per heavy atom. The maximum atomic E-state index is 9.12. The molecule has 15 heavy (non-hydrogen) atoms. The molecule has 1 saturated heterocycles. The van der Waals surface area contributed by atoms with Crippen LogP contribution in [0.2, 0.25) is 0 Å². The molecular formula is C12H26N2O. The Balaban J connectivity index is 2.11. The van der Waals surface area contributed by atoms with Crippen LogP contribution >= 0.6 is 0 Å². The van der Waals surface area contributed by atoms with E-state index in [1.807, 2.05) is 0 Å². The van der Waals surface area contributed by atoms with Gasteiger partial charge in [0.05, 0.1) is 0 Å². The summed E-state index contributed by atoms with van der Waals surface area (Å²) in [5.41, 5.74) is 0.0169. The molecule has 3 nitrogen and oxygen atoms in total. The second kappa shape index (κ2) is 5.83. The van der Waals surface area contributed by atoms with Gasteiger partial charge in [0.1, 0.15) is 0 Å². The highest BCUT2D eigenvalue weighted by Crippen LogP contribution is 2.16. The average molecular weight is 214 g/mol. The van der Waals surface area contributed by atoms with Gasteiger partial charge in [0.15, 0.2) is 0 Å². The van der Waals surface area contributed by atoms with Crippen LogP contribution in [0.1, 0.15) is 27.2 Å². The molecule has 0 aliphatic carbocycles. The van der Waals surface area contributed by atoms with E-state index in [9.17, 15) is 0 Å². The quantitative estimate of drug-likeness (QED) is 0.690. The maximum absolute atomic E-state index is 9.12. The molecule has 1 heterocycles. The van der Waals surface area contributed by atoms with Crippen LogP contribution in [-0.4, -0.2) is 49.3 Å². The molecule has 1 aliphatic heterocycles. The lowest BCUT2D eigenvalue weighted by molar-refractivity contribution is 0.155. The minimum absolute atomic E-state index is 0.0169. The van der Waals surface area contributed by atoms with E-state index in [4.69, 9.17) is 5.11 Å². The third kappa shape index (κ3) is 4.49. The van der Waals surface area contributed by atoms with E-state index in [1.54, 1.807) is 0 Å². The number of hydrogen-bond donors (Lipinski definition) is 2. The van der Waals surface area contributed by atoms with Crippen LogP contribution in [0.5, 0.6) is 0 Å². The first-order valence-electron chi connectivity index (χ1n) is 6.11. The Labute approximate surface area is 93.9 Å². The van der Waals surface area contributed by atoms with Gasteiger partial charge in [0.25, 0.3) is 0 Å². The first-order chi connectivity index (χ1) is 7.07. The molecule has 90 valence electrons. The summed E-state index contributed by atoms with van der Waals surface area (Å²) in [5.74, 6) is 0.805. The Bertz CT molecular complexity index is 182. The van der Waals surface area contributed by atoms with Crippen molar-refractivity contribution in [3.05, 3.63) is 0 Å². The summed E-state index contributed by atoms with van der Waals surface area (Å²) in [7, 11) is 0. The van der Waals surface area contributed by atoms with Crippen molar-refractivity contribution in [2.75, 3.05) is 39.3 Å². The van der Waals surface area contributed by atoms with Crippen LogP contribution < -0.4 is 5.32 Å². The van der Waals surface area contributed by atoms with Gasteiger partial charge in [-0.2, -0.15) is 0 Å². The van der Waals surface area contributed by atoms with Gasteiger partial charge in [-0.05, 0) is 32.0 Å². The predicted molar refractivity (Wildman–Crippen MR) is 64.0 cm³/mol. The van der Waals surface area contributed by atoms with Crippen molar-refractivity contribution < 1.29 is 5.11 Å². The van der Waals surface area contributed by atoms with E-state index in [-0.39, 0.29) is 12.0 Å². The lowest BCUT2D eigenvalue weighted by Crippen LogP contribution is -2.35. The van der Waals surface area contributed by atoms with Crippen molar-refractivity contribution in [3.8, 4) is 0 Å². The van der Waals surface area contributed by atoms with E-state index < -0.39 is 0 Å². The minimum Gasteiger partial charge on any atom is -0.396 e. The molecule has 1 fully saturated rings. The monoisotopic (exact) mass is 214 g/mol. The third-order valence-electron chi connectivity index (χ3n) is 3.28. The SMILES string of the molecule is CCN1CCC(CNCC(C)(C)CO)C1. The fourth-order valence-electron chi connectivity index (χ4n) is 2.04. The van der Waals surface area contributed by atoms with Crippen molar-refractivity contribution in [2.24, 2.45) is 11.3 Å². The highest BCUT2D eigenvalue weighted by atomic mass is 16.3. The van der Waals surface area contributed by atoms with E-state index >= 15 is 0 Å². The molecule has 2 N–H and O–H groups in total. The van der Waals surface area contributed by atoms with Gasteiger partial charge < -0.3 is 15.3 Å². The topological polar surface area (TPSA) is 35.5 Å². The molecule has 3 heteroatoms. The van der Waals surface area contributed by atoms with Crippen molar-refractivity contribution in [1.82, 2.24) is 10.2 Å². The molecule has 0 aromatic heterocycles. The van der Waals surface area contributed by atoms with Crippen LogP contribution in [0.15, 0.2) is 0 Å². The van der Waals surface area contributed by atoms with Crippen molar-refractivity contribution in [3.63, 3.8) is 0 Å². The van der Waals surface area contributed by atoms with Crippen LogP contribution in [-0.2, 0) is 0 Å². The maximum Gasteiger partial charge on any atom is 0.0494 e. The number of rotatable bonds is 6. The molecule has 0 aromatic rings. The molecule has 0 aromatic carbocycles. The van der Waals surface area contributed by atoms with E-state index in [0.717, 1.165) is 19.0 Å². The first-order valence-corrected chi connectivity index (χ1v) is 6.11. The van der Waals surface area contributed by atoms with Gasteiger partial charge in [0, 0.05) is 25.1 Å². The molecule has 0 amide bonds. The lowest BCUT2D eigenvalue weighted by atomic mass is 9.95. The Hall–Kier alpha value is -0.120. The minimum atomic E-state index is 0.0169. The Morgan fingerprint density at radius 2 is 2.20 bits per heavy atom. The summed E-state index contributed by atoms with van der Waals surface area (Å²) in [6.45, 7) is 12.3. The van der Waals surface area contributed by atoms with Gasteiger partial charge in [-0.3, -0.25) is 0 Å². The summed E-state index contributed by atoms with van der Waals surface area (Å²) >= 11 is 0. The Kier molecular flexibility index (Phi) is 5.03. The van der Waals surface area contributed by atoms with E-state index in [0.29, 0.717) is 0 Å². The zero-order valence-electron chi connectivity index (χ0n) is 10.4. The van der Waals surface area contributed by atoms with Gasteiger partial charge in [-0.25, -0.2) is 0 Å². The van der Waals surface area contributed by atoms with Crippen molar-refractivity contribution in [2.45, 2.75) is 27.2 Å². The van der Waals surface area contributed by atoms with Crippen LogP contribution in [0.4, 0.5) is 0 Å². The standard InChI is InChI=1S/C12H26N2O/c1-4-14-6-5-11(8-14)7-13-9-12(2,3)10-15/h11,13,15H,4-10H2,1-3H3. The van der Waals surface area contributed by atoms with Gasteiger partial charge >= 0.3 is 0 Å². The number of aliphatic hydroxyl groups excluding tert-OH is 1.